The molecular formula is C12H10Cl2N2O3S. The van der Waals surface area contributed by atoms with E-state index in [2.05, 4.69) is 9.71 Å². The van der Waals surface area contributed by atoms with Crippen LogP contribution >= 0.6 is 23.2 Å². The van der Waals surface area contributed by atoms with Gasteiger partial charge in [-0.25, -0.2) is 8.42 Å². The summed E-state index contributed by atoms with van der Waals surface area (Å²) in [6.07, 6.45) is 2.89. The number of aromatic nitrogens is 1. The molecule has 0 aliphatic carbocycles. The first-order valence-corrected chi connectivity index (χ1v) is 7.69. The van der Waals surface area contributed by atoms with Gasteiger partial charge in [-0.1, -0.05) is 23.2 Å². The molecule has 0 unspecified atom stereocenters. The lowest BCUT2D eigenvalue weighted by Crippen LogP contribution is -2.14. The first-order chi connectivity index (χ1) is 9.44. The predicted octanol–water partition coefficient (Wildman–Crippen LogP) is 2.68. The average Bonchev–Trinajstić information content (AvgIpc) is 2.39. The van der Waals surface area contributed by atoms with Gasteiger partial charge in [0.15, 0.2) is 0 Å². The van der Waals surface area contributed by atoms with Gasteiger partial charge < -0.3 is 5.11 Å². The number of nitrogens with one attached hydrogen (secondary N) is 1. The first kappa shape index (κ1) is 15.1. The Morgan fingerprint density at radius 3 is 2.60 bits per heavy atom. The third-order valence-electron chi connectivity index (χ3n) is 2.47. The lowest BCUT2D eigenvalue weighted by Gasteiger charge is -2.11. The van der Waals surface area contributed by atoms with Crippen LogP contribution in [0, 0.1) is 0 Å². The number of aliphatic hydroxyl groups excluding tert-OH is 1. The van der Waals surface area contributed by atoms with Crippen molar-refractivity contribution in [1.29, 1.82) is 0 Å². The van der Waals surface area contributed by atoms with Crippen molar-refractivity contribution in [3.63, 3.8) is 0 Å². The van der Waals surface area contributed by atoms with Gasteiger partial charge in [0.2, 0.25) is 0 Å². The average molecular weight is 333 g/mol. The molecule has 0 aliphatic rings. The number of benzene rings is 1. The van der Waals surface area contributed by atoms with Crippen LogP contribution in [0.4, 0.5) is 5.69 Å². The van der Waals surface area contributed by atoms with Crippen molar-refractivity contribution < 1.29 is 13.5 Å². The fourth-order valence-electron chi connectivity index (χ4n) is 1.53. The zero-order valence-corrected chi connectivity index (χ0v) is 12.4. The van der Waals surface area contributed by atoms with Gasteiger partial charge in [-0.15, -0.1) is 0 Å². The maximum absolute atomic E-state index is 12.3. The van der Waals surface area contributed by atoms with E-state index in [9.17, 15) is 8.42 Å². The Morgan fingerprint density at radius 1 is 1.25 bits per heavy atom. The minimum Gasteiger partial charge on any atom is -0.392 e. The Bertz CT molecular complexity index is 721. The Balaban J connectivity index is 2.44. The first-order valence-electron chi connectivity index (χ1n) is 5.45. The monoisotopic (exact) mass is 332 g/mol. The summed E-state index contributed by atoms with van der Waals surface area (Å²) in [7, 11) is -3.89. The zero-order valence-electron chi connectivity index (χ0n) is 10.0. The van der Waals surface area contributed by atoms with Crippen LogP contribution in [-0.4, -0.2) is 18.5 Å². The Hall–Kier alpha value is -1.34. The second-order valence-electron chi connectivity index (χ2n) is 3.88. The lowest BCUT2D eigenvalue weighted by molar-refractivity contribution is 0.281. The van der Waals surface area contributed by atoms with Crippen molar-refractivity contribution in [2.45, 2.75) is 11.5 Å². The van der Waals surface area contributed by atoms with Crippen LogP contribution in [-0.2, 0) is 16.6 Å². The second kappa shape index (κ2) is 5.97. The molecule has 0 saturated heterocycles. The van der Waals surface area contributed by atoms with Crippen LogP contribution in [0.3, 0.4) is 0 Å². The van der Waals surface area contributed by atoms with Crippen LogP contribution in [0.5, 0.6) is 0 Å². The van der Waals surface area contributed by atoms with Gasteiger partial charge in [-0.3, -0.25) is 9.71 Å². The van der Waals surface area contributed by atoms with Crippen molar-refractivity contribution in [2.24, 2.45) is 0 Å². The largest absolute Gasteiger partial charge is 0.392 e. The molecule has 1 aromatic carbocycles. The molecule has 1 heterocycles. The van der Waals surface area contributed by atoms with Gasteiger partial charge in [0.05, 0.1) is 23.5 Å². The van der Waals surface area contributed by atoms with E-state index in [0.717, 1.165) is 0 Å². The molecule has 0 saturated carbocycles. The summed E-state index contributed by atoms with van der Waals surface area (Å²) in [4.78, 5) is 3.66. The number of hydrogen-bond donors (Lipinski definition) is 2. The number of aliphatic hydroxyl groups is 1. The predicted molar refractivity (Wildman–Crippen MR) is 77.4 cm³/mol. The van der Waals surface area contributed by atoms with Crippen LogP contribution in [0.15, 0.2) is 41.6 Å². The summed E-state index contributed by atoms with van der Waals surface area (Å²) in [5.74, 6) is 0. The second-order valence-corrected chi connectivity index (χ2v) is 6.34. The van der Waals surface area contributed by atoms with Gasteiger partial charge >= 0.3 is 0 Å². The fraction of sp³-hybridized carbons (Fsp3) is 0.0833. The van der Waals surface area contributed by atoms with E-state index in [0.29, 0.717) is 5.69 Å². The Labute approximate surface area is 126 Å². The summed E-state index contributed by atoms with van der Waals surface area (Å²) >= 11 is 11.8. The smallest absolute Gasteiger partial charge is 0.263 e. The molecule has 106 valence electrons. The molecule has 0 radical (unpaired) electrons. The van der Waals surface area contributed by atoms with E-state index in [-0.39, 0.29) is 27.1 Å². The molecule has 8 heteroatoms. The quantitative estimate of drug-likeness (QED) is 0.902. The van der Waals surface area contributed by atoms with Crippen molar-refractivity contribution >= 4 is 38.9 Å². The van der Waals surface area contributed by atoms with E-state index in [1.165, 1.54) is 24.5 Å². The molecule has 20 heavy (non-hydrogen) atoms. The number of hydrogen-bond acceptors (Lipinski definition) is 4. The normalized spacial score (nSPS) is 11.3. The summed E-state index contributed by atoms with van der Waals surface area (Å²) in [6.45, 7) is -0.384. The summed E-state index contributed by atoms with van der Waals surface area (Å²) in [6, 6.07) is 5.68. The lowest BCUT2D eigenvalue weighted by atomic mass is 10.2. The highest BCUT2D eigenvalue weighted by atomic mass is 35.5. The zero-order chi connectivity index (χ0) is 14.8. The minimum atomic E-state index is -3.89. The van der Waals surface area contributed by atoms with Crippen molar-refractivity contribution in [1.82, 2.24) is 4.98 Å². The summed E-state index contributed by atoms with van der Waals surface area (Å²) in [5, 5.41) is 9.32. The molecule has 2 aromatic rings. The molecule has 2 rings (SSSR count). The molecular weight excluding hydrogens is 323 g/mol. The van der Waals surface area contributed by atoms with Crippen LogP contribution in [0.25, 0.3) is 0 Å². The highest BCUT2D eigenvalue weighted by Crippen LogP contribution is 2.29. The van der Waals surface area contributed by atoms with Gasteiger partial charge in [0.1, 0.15) is 4.90 Å². The molecule has 2 N–H and O–H groups in total. The van der Waals surface area contributed by atoms with Crippen molar-refractivity contribution in [3.8, 4) is 0 Å². The third kappa shape index (κ3) is 3.21. The molecule has 0 amide bonds. The van der Waals surface area contributed by atoms with Crippen molar-refractivity contribution in [3.05, 3.63) is 52.3 Å². The molecule has 0 atom stereocenters. The van der Waals surface area contributed by atoms with E-state index in [1.54, 1.807) is 12.1 Å². The summed E-state index contributed by atoms with van der Waals surface area (Å²) < 4.78 is 26.9. The maximum atomic E-state index is 12.3. The molecule has 0 bridgehead atoms. The molecule has 0 spiro atoms. The number of pyridine rings is 1. The number of halogens is 2. The summed E-state index contributed by atoms with van der Waals surface area (Å²) in [5.41, 5.74) is 0.590. The van der Waals surface area contributed by atoms with Crippen LogP contribution in [0.1, 0.15) is 5.56 Å². The van der Waals surface area contributed by atoms with E-state index in [1.807, 2.05) is 0 Å². The highest BCUT2D eigenvalue weighted by molar-refractivity contribution is 7.92. The topological polar surface area (TPSA) is 79.3 Å². The number of rotatable bonds is 4. The van der Waals surface area contributed by atoms with Gasteiger partial charge in [0.25, 0.3) is 10.0 Å². The molecule has 0 fully saturated rings. The van der Waals surface area contributed by atoms with E-state index >= 15 is 0 Å². The number of nitrogens with zero attached hydrogens (tertiary/aromatic N) is 1. The van der Waals surface area contributed by atoms with Gasteiger partial charge in [-0.05, 0) is 29.8 Å². The standard InChI is InChI=1S/C12H10Cl2N2O3S/c13-10-5-11(14)12(4-8(10)7-17)20(18,19)16-9-2-1-3-15-6-9/h1-6,16-17H,7H2. The van der Waals surface area contributed by atoms with Gasteiger partial charge in [-0.2, -0.15) is 0 Å². The van der Waals surface area contributed by atoms with Crippen LogP contribution in [0.2, 0.25) is 10.0 Å². The van der Waals surface area contributed by atoms with E-state index < -0.39 is 10.0 Å². The van der Waals surface area contributed by atoms with E-state index in [4.69, 9.17) is 28.3 Å². The maximum Gasteiger partial charge on any atom is 0.263 e. The van der Waals surface area contributed by atoms with Crippen LogP contribution < -0.4 is 4.72 Å². The molecule has 0 aliphatic heterocycles. The Kier molecular flexibility index (Phi) is 4.49. The third-order valence-corrected chi connectivity index (χ3v) is 4.67. The number of anilines is 1. The molecule has 5 nitrogen and oxygen atoms in total. The van der Waals surface area contributed by atoms with Crippen molar-refractivity contribution in [2.75, 3.05) is 4.72 Å². The molecule has 1 aromatic heterocycles. The minimum absolute atomic E-state index is 0.0245. The van der Waals surface area contributed by atoms with Gasteiger partial charge in [0, 0.05) is 11.2 Å². The highest BCUT2D eigenvalue weighted by Gasteiger charge is 2.20. The number of sulfonamides is 1. The Morgan fingerprint density at radius 2 is 2.00 bits per heavy atom. The SMILES string of the molecule is O=S(=O)(Nc1cccnc1)c1cc(CO)c(Cl)cc1Cl. The fourth-order valence-corrected chi connectivity index (χ4v) is 3.43.